The zero-order valence-electron chi connectivity index (χ0n) is 7.08. The van der Waals surface area contributed by atoms with E-state index in [-0.39, 0.29) is 5.82 Å². The number of hydrogen-bond acceptors (Lipinski definition) is 2. The topological polar surface area (TPSA) is 46.5 Å². The second kappa shape index (κ2) is 3.89. The molecule has 3 nitrogen and oxygen atoms in total. The van der Waals surface area contributed by atoms with E-state index >= 15 is 0 Å². The van der Waals surface area contributed by atoms with Crippen LogP contribution in [-0.4, -0.2) is 17.7 Å². The molecule has 1 N–H and O–H groups in total. The summed E-state index contributed by atoms with van der Waals surface area (Å²) in [5.74, 6) is -1.02. The number of hydrogen-bond donors (Lipinski definition) is 1. The molecule has 1 aromatic carbocycles. The fourth-order valence-corrected chi connectivity index (χ4v) is 0.852. The minimum Gasteiger partial charge on any atom is -0.482 e. The second-order valence-corrected chi connectivity index (χ2v) is 2.59. The molecule has 0 aliphatic carbocycles. The van der Waals surface area contributed by atoms with E-state index in [0.29, 0.717) is 11.3 Å². The summed E-state index contributed by atoms with van der Waals surface area (Å²) in [6.45, 7) is 1.17. The van der Waals surface area contributed by atoms with Gasteiger partial charge >= 0.3 is 5.97 Å². The van der Waals surface area contributed by atoms with Gasteiger partial charge < -0.3 is 9.84 Å². The first-order valence-corrected chi connectivity index (χ1v) is 3.70. The lowest BCUT2D eigenvalue weighted by molar-refractivity contribution is -0.139. The molecule has 1 rings (SSSR count). The number of ether oxygens (including phenoxy) is 1. The van der Waals surface area contributed by atoms with Crippen LogP contribution in [0.25, 0.3) is 0 Å². The van der Waals surface area contributed by atoms with Crippen molar-refractivity contribution in [1.29, 1.82) is 0 Å². The summed E-state index contributed by atoms with van der Waals surface area (Å²) < 4.78 is 17.6. The first kappa shape index (κ1) is 9.51. The highest BCUT2D eigenvalue weighted by Gasteiger charge is 2.01. The number of benzene rings is 1. The molecule has 0 unspecified atom stereocenters. The normalized spacial score (nSPS) is 9.69. The molecule has 0 fully saturated rings. The fourth-order valence-electron chi connectivity index (χ4n) is 0.852. The Morgan fingerprint density at radius 2 is 2.31 bits per heavy atom. The standard InChI is InChI=1S/C9H9FO3/c1-6-4-7(2-3-8(6)10)13-5-9(11)12/h2-4H,5H2,1H3,(H,11,12). The highest BCUT2D eigenvalue weighted by atomic mass is 19.1. The van der Waals surface area contributed by atoms with Crippen molar-refractivity contribution in [3.05, 3.63) is 29.6 Å². The molecule has 0 heterocycles. The summed E-state index contributed by atoms with van der Waals surface area (Å²) >= 11 is 0. The van der Waals surface area contributed by atoms with Gasteiger partial charge in [0.15, 0.2) is 6.61 Å². The average Bonchev–Trinajstić information content (AvgIpc) is 2.07. The van der Waals surface area contributed by atoms with E-state index < -0.39 is 12.6 Å². The molecule has 0 aromatic heterocycles. The van der Waals surface area contributed by atoms with Gasteiger partial charge in [-0.05, 0) is 30.7 Å². The van der Waals surface area contributed by atoms with Gasteiger partial charge in [0.25, 0.3) is 0 Å². The van der Waals surface area contributed by atoms with Gasteiger partial charge in [-0.25, -0.2) is 9.18 Å². The summed E-state index contributed by atoms with van der Waals surface area (Å²) in [6.07, 6.45) is 0. The first-order chi connectivity index (χ1) is 6.09. The van der Waals surface area contributed by atoms with Gasteiger partial charge in [-0.15, -0.1) is 0 Å². The molecule has 0 saturated carbocycles. The van der Waals surface area contributed by atoms with Gasteiger partial charge in [0.2, 0.25) is 0 Å². The Hall–Kier alpha value is -1.58. The van der Waals surface area contributed by atoms with Crippen molar-refractivity contribution in [1.82, 2.24) is 0 Å². The molecule has 0 aliphatic rings. The molecule has 0 bridgehead atoms. The Morgan fingerprint density at radius 1 is 1.62 bits per heavy atom. The van der Waals surface area contributed by atoms with E-state index in [9.17, 15) is 9.18 Å². The third-order valence-corrected chi connectivity index (χ3v) is 1.49. The summed E-state index contributed by atoms with van der Waals surface area (Å²) in [7, 11) is 0. The number of aryl methyl sites for hydroxylation is 1. The minimum absolute atomic E-state index is 0.331. The Bertz CT molecular complexity index is 323. The van der Waals surface area contributed by atoms with Crippen molar-refractivity contribution >= 4 is 5.97 Å². The van der Waals surface area contributed by atoms with E-state index in [1.165, 1.54) is 18.2 Å². The number of aliphatic carboxylic acids is 1. The lowest BCUT2D eigenvalue weighted by Crippen LogP contribution is -2.09. The molecule has 4 heteroatoms. The number of carboxylic acid groups (broad SMARTS) is 1. The maximum Gasteiger partial charge on any atom is 0.341 e. The van der Waals surface area contributed by atoms with Crippen molar-refractivity contribution in [3.63, 3.8) is 0 Å². The molecule has 13 heavy (non-hydrogen) atoms. The number of carbonyl (C=O) groups is 1. The molecule has 0 amide bonds. The minimum atomic E-state index is -1.05. The second-order valence-electron chi connectivity index (χ2n) is 2.59. The molecule has 1 aromatic rings. The number of rotatable bonds is 3. The van der Waals surface area contributed by atoms with Crippen LogP contribution in [0.1, 0.15) is 5.56 Å². The highest BCUT2D eigenvalue weighted by Crippen LogP contribution is 2.15. The van der Waals surface area contributed by atoms with Crippen molar-refractivity contribution in [2.45, 2.75) is 6.92 Å². The number of carboxylic acids is 1. The van der Waals surface area contributed by atoms with E-state index in [4.69, 9.17) is 9.84 Å². The summed E-state index contributed by atoms with van der Waals surface area (Å²) in [6, 6.07) is 4.09. The van der Waals surface area contributed by atoms with Gasteiger partial charge in [0.1, 0.15) is 11.6 Å². The summed E-state index contributed by atoms with van der Waals surface area (Å²) in [4.78, 5) is 10.1. The van der Waals surface area contributed by atoms with Crippen LogP contribution in [0.5, 0.6) is 5.75 Å². The zero-order chi connectivity index (χ0) is 9.84. The smallest absolute Gasteiger partial charge is 0.341 e. The van der Waals surface area contributed by atoms with Gasteiger partial charge in [0.05, 0.1) is 0 Å². The quantitative estimate of drug-likeness (QED) is 0.776. The Labute approximate surface area is 74.8 Å². The summed E-state index contributed by atoms with van der Waals surface area (Å²) in [5.41, 5.74) is 0.433. The molecular formula is C9H9FO3. The Morgan fingerprint density at radius 3 is 2.85 bits per heavy atom. The van der Waals surface area contributed by atoms with Crippen molar-refractivity contribution in [2.24, 2.45) is 0 Å². The monoisotopic (exact) mass is 184 g/mol. The SMILES string of the molecule is Cc1cc(OCC(=O)O)ccc1F. The van der Waals surface area contributed by atoms with Crippen LogP contribution in [0.2, 0.25) is 0 Å². The average molecular weight is 184 g/mol. The predicted molar refractivity (Wildman–Crippen MR) is 44.3 cm³/mol. The van der Waals surface area contributed by atoms with Crippen molar-refractivity contribution in [2.75, 3.05) is 6.61 Å². The molecule has 70 valence electrons. The fraction of sp³-hybridized carbons (Fsp3) is 0.222. The maximum atomic E-state index is 12.7. The lowest BCUT2D eigenvalue weighted by atomic mass is 10.2. The molecule has 0 aliphatic heterocycles. The van der Waals surface area contributed by atoms with Crippen LogP contribution in [0.15, 0.2) is 18.2 Å². The van der Waals surface area contributed by atoms with Crippen LogP contribution in [0.4, 0.5) is 4.39 Å². The maximum absolute atomic E-state index is 12.7. The van der Waals surface area contributed by atoms with Crippen molar-refractivity contribution < 1.29 is 19.0 Å². The molecule has 0 atom stereocenters. The van der Waals surface area contributed by atoms with Crippen LogP contribution in [0.3, 0.4) is 0 Å². The molecule has 0 radical (unpaired) electrons. The first-order valence-electron chi connectivity index (χ1n) is 3.70. The molecular weight excluding hydrogens is 175 g/mol. The van der Waals surface area contributed by atoms with E-state index in [1.807, 2.05) is 0 Å². The zero-order valence-corrected chi connectivity index (χ0v) is 7.08. The van der Waals surface area contributed by atoms with Crippen LogP contribution in [0, 0.1) is 12.7 Å². The predicted octanol–water partition coefficient (Wildman–Crippen LogP) is 1.60. The Kier molecular flexibility index (Phi) is 2.84. The van der Waals surface area contributed by atoms with Gasteiger partial charge in [0, 0.05) is 0 Å². The summed E-state index contributed by atoms with van der Waals surface area (Å²) in [5, 5.41) is 8.30. The molecule has 0 saturated heterocycles. The lowest BCUT2D eigenvalue weighted by Gasteiger charge is -2.03. The highest BCUT2D eigenvalue weighted by molar-refractivity contribution is 5.68. The third kappa shape index (κ3) is 2.74. The van der Waals surface area contributed by atoms with E-state index in [0.717, 1.165) is 0 Å². The van der Waals surface area contributed by atoms with E-state index in [2.05, 4.69) is 0 Å². The van der Waals surface area contributed by atoms with E-state index in [1.54, 1.807) is 6.92 Å². The largest absolute Gasteiger partial charge is 0.482 e. The van der Waals surface area contributed by atoms with Gasteiger partial charge in [-0.2, -0.15) is 0 Å². The molecule has 0 spiro atoms. The van der Waals surface area contributed by atoms with Crippen molar-refractivity contribution in [3.8, 4) is 5.75 Å². The van der Waals surface area contributed by atoms with Crippen LogP contribution in [-0.2, 0) is 4.79 Å². The van der Waals surface area contributed by atoms with Crippen LogP contribution < -0.4 is 4.74 Å². The number of halogens is 1. The van der Waals surface area contributed by atoms with Gasteiger partial charge in [-0.1, -0.05) is 0 Å². The van der Waals surface area contributed by atoms with Crippen LogP contribution >= 0.6 is 0 Å². The Balaban J connectivity index is 2.68. The third-order valence-electron chi connectivity index (χ3n) is 1.49. The van der Waals surface area contributed by atoms with Gasteiger partial charge in [-0.3, -0.25) is 0 Å².